The molecular formula is C25H26ClN3O5. The first kappa shape index (κ1) is 24.9. The summed E-state index contributed by atoms with van der Waals surface area (Å²) in [5, 5.41) is 7.49. The molecule has 0 radical (unpaired) electrons. The average Bonchev–Trinajstić information content (AvgIpc) is 3.09. The molecule has 1 N–H and O–H groups in total. The van der Waals surface area contributed by atoms with Gasteiger partial charge in [0.2, 0.25) is 0 Å². The molecule has 8 nitrogen and oxygen atoms in total. The van der Waals surface area contributed by atoms with Crippen LogP contribution in [0.2, 0.25) is 5.15 Å². The van der Waals surface area contributed by atoms with E-state index in [-0.39, 0.29) is 0 Å². The average molecular weight is 484 g/mol. The molecule has 3 rings (SSSR count). The Kier molecular flexibility index (Phi) is 8.32. The van der Waals surface area contributed by atoms with E-state index in [4.69, 9.17) is 25.8 Å². The highest BCUT2D eigenvalue weighted by atomic mass is 35.5. The number of hydrogen-bond donors (Lipinski definition) is 1. The maximum Gasteiger partial charge on any atom is 0.331 e. The second-order valence-electron chi connectivity index (χ2n) is 7.52. The molecule has 0 aliphatic carbocycles. The van der Waals surface area contributed by atoms with Crippen LogP contribution >= 0.6 is 11.6 Å². The van der Waals surface area contributed by atoms with E-state index in [2.05, 4.69) is 10.4 Å². The number of anilines is 1. The lowest BCUT2D eigenvalue weighted by molar-refractivity contribution is -0.142. The van der Waals surface area contributed by atoms with Gasteiger partial charge in [0, 0.05) is 35.5 Å². The number of nitrogens with one attached hydrogen (secondary N) is 1. The van der Waals surface area contributed by atoms with Gasteiger partial charge in [0.25, 0.3) is 5.91 Å². The van der Waals surface area contributed by atoms with Gasteiger partial charge in [0.05, 0.1) is 26.5 Å². The summed E-state index contributed by atoms with van der Waals surface area (Å²) in [5.74, 6) is -0.146. The molecule has 0 spiro atoms. The summed E-state index contributed by atoms with van der Waals surface area (Å²) in [5.41, 5.74) is 3.97. The Hall–Kier alpha value is -3.78. The van der Waals surface area contributed by atoms with Gasteiger partial charge < -0.3 is 19.5 Å². The number of esters is 1. The molecule has 0 aliphatic heterocycles. The molecule has 0 aliphatic rings. The molecular weight excluding hydrogens is 458 g/mol. The van der Waals surface area contributed by atoms with Crippen LogP contribution in [0.3, 0.4) is 0 Å². The summed E-state index contributed by atoms with van der Waals surface area (Å²) in [6.45, 7) is 3.88. The number of methoxy groups -OCH3 is 2. The maximum absolute atomic E-state index is 12.2. The van der Waals surface area contributed by atoms with Gasteiger partial charge in [-0.3, -0.25) is 4.79 Å². The standard InChI is InChI=1S/C25H26ClN3O5/c1-16-5-7-18(8-6-16)14-29-25(26)22(17(2)28-29)9-10-24(31)34-15-23(30)27-19-11-20(32-3)13-21(12-19)33-4/h5-13H,14-15H2,1-4H3,(H,27,30)/b10-9+. The number of aromatic nitrogens is 2. The van der Waals surface area contributed by atoms with E-state index in [0.29, 0.717) is 40.1 Å². The number of halogens is 1. The van der Waals surface area contributed by atoms with Gasteiger partial charge in [-0.1, -0.05) is 41.4 Å². The van der Waals surface area contributed by atoms with Crippen LogP contribution in [0.4, 0.5) is 5.69 Å². The van der Waals surface area contributed by atoms with Gasteiger partial charge in [0.1, 0.15) is 16.7 Å². The molecule has 0 saturated heterocycles. The monoisotopic (exact) mass is 483 g/mol. The molecule has 2 aromatic carbocycles. The first-order chi connectivity index (χ1) is 16.3. The van der Waals surface area contributed by atoms with E-state index in [0.717, 1.165) is 5.56 Å². The highest BCUT2D eigenvalue weighted by Gasteiger charge is 2.13. The van der Waals surface area contributed by atoms with Crippen molar-refractivity contribution >= 4 is 35.2 Å². The van der Waals surface area contributed by atoms with Gasteiger partial charge in [-0.25, -0.2) is 9.48 Å². The quantitative estimate of drug-likeness (QED) is 0.358. The second-order valence-corrected chi connectivity index (χ2v) is 7.88. The largest absolute Gasteiger partial charge is 0.497 e. The number of amides is 1. The maximum atomic E-state index is 12.2. The zero-order valence-corrected chi connectivity index (χ0v) is 20.2. The minimum absolute atomic E-state index is 0.409. The summed E-state index contributed by atoms with van der Waals surface area (Å²) in [6, 6.07) is 13.0. The number of carbonyl (C=O) groups excluding carboxylic acids is 2. The van der Waals surface area contributed by atoms with Crippen LogP contribution in [0.5, 0.6) is 11.5 Å². The van der Waals surface area contributed by atoms with Crippen molar-refractivity contribution in [3.63, 3.8) is 0 Å². The van der Waals surface area contributed by atoms with E-state index in [1.807, 2.05) is 31.2 Å². The second kappa shape index (κ2) is 11.4. The molecule has 0 atom stereocenters. The van der Waals surface area contributed by atoms with E-state index < -0.39 is 18.5 Å². The number of benzene rings is 2. The lowest BCUT2D eigenvalue weighted by Crippen LogP contribution is -2.20. The molecule has 178 valence electrons. The molecule has 1 aromatic heterocycles. The van der Waals surface area contributed by atoms with Crippen LogP contribution in [0.15, 0.2) is 48.5 Å². The molecule has 0 fully saturated rings. The summed E-state index contributed by atoms with van der Waals surface area (Å²) < 4.78 is 17.0. The Bertz CT molecular complexity index is 1180. The van der Waals surface area contributed by atoms with E-state index in [1.165, 1.54) is 31.9 Å². The number of hydrogen-bond acceptors (Lipinski definition) is 6. The lowest BCUT2D eigenvalue weighted by atomic mass is 10.1. The number of rotatable bonds is 9. The highest BCUT2D eigenvalue weighted by molar-refractivity contribution is 6.31. The molecule has 1 heterocycles. The third-order valence-electron chi connectivity index (χ3n) is 4.93. The van der Waals surface area contributed by atoms with Crippen molar-refractivity contribution in [2.75, 3.05) is 26.1 Å². The lowest BCUT2D eigenvalue weighted by Gasteiger charge is -2.09. The smallest absolute Gasteiger partial charge is 0.331 e. The predicted molar refractivity (Wildman–Crippen MR) is 130 cm³/mol. The zero-order valence-electron chi connectivity index (χ0n) is 19.4. The van der Waals surface area contributed by atoms with E-state index in [1.54, 1.807) is 29.8 Å². The molecule has 9 heteroatoms. The van der Waals surface area contributed by atoms with Crippen molar-refractivity contribution in [3.8, 4) is 11.5 Å². The zero-order chi connectivity index (χ0) is 24.7. The highest BCUT2D eigenvalue weighted by Crippen LogP contribution is 2.26. The Morgan fingerprint density at radius 1 is 1.06 bits per heavy atom. The van der Waals surface area contributed by atoms with Gasteiger partial charge >= 0.3 is 5.97 Å². The van der Waals surface area contributed by atoms with Crippen molar-refractivity contribution in [1.29, 1.82) is 0 Å². The Morgan fingerprint density at radius 2 is 1.71 bits per heavy atom. The van der Waals surface area contributed by atoms with Crippen LogP contribution in [0, 0.1) is 13.8 Å². The van der Waals surface area contributed by atoms with Crippen LogP contribution in [0.1, 0.15) is 22.4 Å². The summed E-state index contributed by atoms with van der Waals surface area (Å²) >= 11 is 6.47. The number of nitrogens with zero attached hydrogens (tertiary/aromatic N) is 2. The van der Waals surface area contributed by atoms with Crippen LogP contribution in [-0.2, 0) is 20.9 Å². The minimum Gasteiger partial charge on any atom is -0.497 e. The third-order valence-corrected chi connectivity index (χ3v) is 5.33. The van der Waals surface area contributed by atoms with Crippen LogP contribution in [0.25, 0.3) is 6.08 Å². The van der Waals surface area contributed by atoms with Crippen LogP contribution < -0.4 is 14.8 Å². The fourth-order valence-electron chi connectivity index (χ4n) is 3.14. The molecule has 1 amide bonds. The number of carbonyl (C=O) groups is 2. The van der Waals surface area contributed by atoms with Crippen LogP contribution in [-0.4, -0.2) is 42.5 Å². The Labute approximate surface area is 203 Å². The fraction of sp³-hybridized carbons (Fsp3) is 0.240. The van der Waals surface area contributed by atoms with Crippen molar-refractivity contribution in [2.45, 2.75) is 20.4 Å². The van der Waals surface area contributed by atoms with Crippen molar-refractivity contribution in [1.82, 2.24) is 9.78 Å². The Balaban J connectivity index is 1.57. The molecule has 34 heavy (non-hydrogen) atoms. The molecule has 3 aromatic rings. The van der Waals surface area contributed by atoms with Gasteiger partial charge in [-0.2, -0.15) is 5.10 Å². The topological polar surface area (TPSA) is 91.7 Å². The normalized spacial score (nSPS) is 10.9. The van der Waals surface area contributed by atoms with Gasteiger partial charge in [-0.15, -0.1) is 0 Å². The van der Waals surface area contributed by atoms with Crippen molar-refractivity contribution in [2.24, 2.45) is 0 Å². The summed E-state index contributed by atoms with van der Waals surface area (Å²) in [7, 11) is 3.02. The number of ether oxygens (including phenoxy) is 3. The molecule has 0 bridgehead atoms. The summed E-state index contributed by atoms with van der Waals surface area (Å²) in [4.78, 5) is 24.3. The van der Waals surface area contributed by atoms with Gasteiger partial charge in [0.15, 0.2) is 6.61 Å². The van der Waals surface area contributed by atoms with E-state index in [9.17, 15) is 9.59 Å². The summed E-state index contributed by atoms with van der Waals surface area (Å²) in [6.07, 6.45) is 2.75. The molecule has 0 saturated carbocycles. The first-order valence-corrected chi connectivity index (χ1v) is 10.8. The SMILES string of the molecule is COc1cc(NC(=O)COC(=O)/C=C/c2c(C)nn(Cc3ccc(C)cc3)c2Cl)cc(OC)c1. The fourth-order valence-corrected chi connectivity index (χ4v) is 3.44. The number of aryl methyl sites for hydroxylation is 2. The first-order valence-electron chi connectivity index (χ1n) is 10.4. The minimum atomic E-state index is -0.680. The van der Waals surface area contributed by atoms with E-state index >= 15 is 0 Å². The predicted octanol–water partition coefficient (Wildman–Crippen LogP) is 4.41. The molecule has 0 unspecified atom stereocenters. The third kappa shape index (κ3) is 6.62. The van der Waals surface area contributed by atoms with Gasteiger partial charge in [-0.05, 0) is 25.5 Å². The Morgan fingerprint density at radius 3 is 2.32 bits per heavy atom. The van der Waals surface area contributed by atoms with Crippen molar-refractivity contribution in [3.05, 3.63) is 76.1 Å². The van der Waals surface area contributed by atoms with Crippen molar-refractivity contribution < 1.29 is 23.8 Å².